The molecule has 0 N–H and O–H groups in total. The summed E-state index contributed by atoms with van der Waals surface area (Å²) in [7, 11) is 0. The van der Waals surface area contributed by atoms with Gasteiger partial charge >= 0.3 is 0 Å². The number of imidazole rings is 1. The Bertz CT molecular complexity index is 932. The van der Waals surface area contributed by atoms with Crippen molar-refractivity contribution in [2.45, 2.75) is 13.2 Å². The molecule has 0 aliphatic rings. The summed E-state index contributed by atoms with van der Waals surface area (Å²) < 4.78 is 16.0. The number of hydrogen-bond donors (Lipinski definition) is 0. The molecule has 26 heavy (non-hydrogen) atoms. The first-order chi connectivity index (χ1) is 12.5. The van der Waals surface area contributed by atoms with Crippen LogP contribution in [0.2, 0.25) is 15.1 Å². The van der Waals surface area contributed by atoms with Crippen molar-refractivity contribution >= 4 is 40.5 Å². The van der Waals surface area contributed by atoms with Gasteiger partial charge in [0.25, 0.3) is 0 Å². The van der Waals surface area contributed by atoms with E-state index in [1.165, 1.54) is 12.3 Å². The van der Waals surface area contributed by atoms with E-state index in [0.717, 1.165) is 0 Å². The highest BCUT2D eigenvalue weighted by Gasteiger charge is 2.13. The summed E-state index contributed by atoms with van der Waals surface area (Å²) in [5.74, 6) is -0.498. The van der Waals surface area contributed by atoms with Crippen LogP contribution < -0.4 is 0 Å². The second-order valence-electron chi connectivity index (χ2n) is 5.25. The van der Waals surface area contributed by atoms with Gasteiger partial charge in [-0.15, -0.1) is 0 Å². The molecule has 2 aromatic heterocycles. The van der Waals surface area contributed by atoms with Gasteiger partial charge in [0.05, 0.1) is 28.6 Å². The van der Waals surface area contributed by atoms with Crippen LogP contribution in [0.15, 0.2) is 54.3 Å². The van der Waals surface area contributed by atoms with Gasteiger partial charge in [0.2, 0.25) is 0 Å². The third kappa shape index (κ3) is 4.72. The molecule has 0 aliphatic carbocycles. The molecule has 0 fully saturated rings. The average Bonchev–Trinajstić information content (AvgIpc) is 3.09. The molecular weight excluding hydrogens is 402 g/mol. The molecule has 0 radical (unpaired) electrons. The molecule has 1 aromatic carbocycles. The molecule has 3 rings (SSSR count). The maximum atomic E-state index is 14.3. The van der Waals surface area contributed by atoms with E-state index in [-0.39, 0.29) is 18.7 Å². The third-order valence-electron chi connectivity index (χ3n) is 3.39. The molecule has 0 unspecified atom stereocenters. The van der Waals surface area contributed by atoms with Gasteiger partial charge in [-0.2, -0.15) is 0 Å². The van der Waals surface area contributed by atoms with Gasteiger partial charge in [-0.3, -0.25) is 4.98 Å². The second-order valence-corrected chi connectivity index (χ2v) is 6.53. The molecule has 2 heterocycles. The highest BCUT2D eigenvalue weighted by molar-refractivity contribution is 6.34. The first kappa shape index (κ1) is 18.6. The minimum Gasteiger partial charge on any atom is -0.389 e. The van der Waals surface area contributed by atoms with Crippen molar-refractivity contribution in [2.75, 3.05) is 0 Å². The Morgan fingerprint density at radius 2 is 2.04 bits per heavy atom. The molecule has 0 bridgehead atoms. The SMILES string of the molecule is Fc1cc(Cl)ccc1/C(Cn1ccnc1)=N/OCc1ncc(Cl)cc1Cl. The summed E-state index contributed by atoms with van der Waals surface area (Å²) in [6, 6.07) is 5.91. The molecule has 0 saturated carbocycles. The number of nitrogens with zero attached hydrogens (tertiary/aromatic N) is 4. The molecule has 0 atom stereocenters. The van der Waals surface area contributed by atoms with E-state index in [1.807, 2.05) is 0 Å². The van der Waals surface area contributed by atoms with Gasteiger partial charge in [0, 0.05) is 29.2 Å². The van der Waals surface area contributed by atoms with Crippen LogP contribution in [-0.2, 0) is 18.0 Å². The van der Waals surface area contributed by atoms with E-state index < -0.39 is 5.82 Å². The van der Waals surface area contributed by atoms with Crippen LogP contribution in [0.4, 0.5) is 4.39 Å². The smallest absolute Gasteiger partial charge is 0.160 e. The van der Waals surface area contributed by atoms with Crippen LogP contribution >= 0.6 is 34.8 Å². The Morgan fingerprint density at radius 1 is 1.19 bits per heavy atom. The van der Waals surface area contributed by atoms with Gasteiger partial charge in [0.15, 0.2) is 6.61 Å². The quantitative estimate of drug-likeness (QED) is 0.422. The van der Waals surface area contributed by atoms with Crippen molar-refractivity contribution in [1.29, 1.82) is 0 Å². The highest BCUT2D eigenvalue weighted by Crippen LogP contribution is 2.20. The number of halogens is 4. The molecule has 0 saturated heterocycles. The van der Waals surface area contributed by atoms with Crippen molar-refractivity contribution < 1.29 is 9.23 Å². The van der Waals surface area contributed by atoms with Crippen molar-refractivity contribution in [3.63, 3.8) is 0 Å². The van der Waals surface area contributed by atoms with Crippen LogP contribution in [0.5, 0.6) is 0 Å². The van der Waals surface area contributed by atoms with E-state index >= 15 is 0 Å². The van der Waals surface area contributed by atoms with E-state index in [9.17, 15) is 4.39 Å². The minimum absolute atomic E-state index is 0.0125. The topological polar surface area (TPSA) is 52.3 Å². The molecule has 3 aromatic rings. The van der Waals surface area contributed by atoms with Crippen molar-refractivity contribution in [1.82, 2.24) is 14.5 Å². The molecular formula is C17H12Cl3FN4O. The zero-order valence-electron chi connectivity index (χ0n) is 13.2. The lowest BCUT2D eigenvalue weighted by molar-refractivity contribution is 0.127. The average molecular weight is 414 g/mol. The largest absolute Gasteiger partial charge is 0.389 e. The fourth-order valence-electron chi connectivity index (χ4n) is 2.16. The van der Waals surface area contributed by atoms with E-state index in [1.54, 1.807) is 41.5 Å². The lowest BCUT2D eigenvalue weighted by Crippen LogP contribution is -2.13. The Kier molecular flexibility index (Phi) is 6.08. The van der Waals surface area contributed by atoms with Crippen LogP contribution in [-0.4, -0.2) is 20.2 Å². The fraction of sp³-hybridized carbons (Fsp3) is 0.118. The summed E-state index contributed by atoms with van der Waals surface area (Å²) in [4.78, 5) is 13.4. The predicted molar refractivity (Wildman–Crippen MR) is 99.2 cm³/mol. The first-order valence-corrected chi connectivity index (χ1v) is 8.56. The Morgan fingerprint density at radius 3 is 2.73 bits per heavy atom. The van der Waals surface area contributed by atoms with E-state index in [2.05, 4.69) is 15.1 Å². The van der Waals surface area contributed by atoms with Gasteiger partial charge in [0.1, 0.15) is 11.5 Å². The summed E-state index contributed by atoms with van der Waals surface area (Å²) in [5.41, 5.74) is 1.11. The molecule has 0 spiro atoms. The summed E-state index contributed by atoms with van der Waals surface area (Å²) in [5, 5.41) is 5.15. The third-order valence-corrected chi connectivity index (χ3v) is 4.16. The standard InChI is InChI=1S/C17H12Cl3FN4O/c18-11-1-2-13(15(21)6-11)16(8-25-4-3-22-10-25)24-26-9-17-14(20)5-12(19)7-23-17/h1-7,10H,8-9H2/b24-16+. The normalized spacial score (nSPS) is 11.6. The Labute approximate surface area is 164 Å². The van der Waals surface area contributed by atoms with Gasteiger partial charge in [-0.25, -0.2) is 9.37 Å². The Hall–Kier alpha value is -2.15. The van der Waals surface area contributed by atoms with E-state index in [4.69, 9.17) is 39.6 Å². The zero-order chi connectivity index (χ0) is 18.5. The number of rotatable bonds is 6. The highest BCUT2D eigenvalue weighted by atomic mass is 35.5. The van der Waals surface area contributed by atoms with Crippen LogP contribution in [0.25, 0.3) is 0 Å². The van der Waals surface area contributed by atoms with Crippen molar-refractivity contribution in [3.05, 3.63) is 81.3 Å². The molecule has 5 nitrogen and oxygen atoms in total. The number of oxime groups is 1. The zero-order valence-corrected chi connectivity index (χ0v) is 15.5. The molecule has 0 amide bonds. The number of pyridine rings is 1. The summed E-state index contributed by atoms with van der Waals surface area (Å²) in [6.07, 6.45) is 6.41. The second kappa shape index (κ2) is 8.49. The summed E-state index contributed by atoms with van der Waals surface area (Å²) >= 11 is 17.7. The Balaban J connectivity index is 1.83. The molecule has 0 aliphatic heterocycles. The lowest BCUT2D eigenvalue weighted by atomic mass is 10.1. The van der Waals surface area contributed by atoms with Crippen LogP contribution in [0.3, 0.4) is 0 Å². The summed E-state index contributed by atoms with van der Waals surface area (Å²) in [6.45, 7) is 0.277. The first-order valence-electron chi connectivity index (χ1n) is 7.43. The van der Waals surface area contributed by atoms with Crippen LogP contribution in [0.1, 0.15) is 11.3 Å². The van der Waals surface area contributed by atoms with Gasteiger partial charge in [-0.1, -0.05) is 40.0 Å². The maximum absolute atomic E-state index is 14.3. The monoisotopic (exact) mass is 412 g/mol. The van der Waals surface area contributed by atoms with Crippen molar-refractivity contribution in [3.8, 4) is 0 Å². The molecule has 134 valence electrons. The van der Waals surface area contributed by atoms with Gasteiger partial charge < -0.3 is 9.40 Å². The number of benzene rings is 1. The van der Waals surface area contributed by atoms with Gasteiger partial charge in [-0.05, 0) is 24.3 Å². The van der Waals surface area contributed by atoms with Crippen molar-refractivity contribution in [2.24, 2.45) is 5.16 Å². The predicted octanol–water partition coefficient (Wildman–Crippen LogP) is 5.00. The lowest BCUT2D eigenvalue weighted by Gasteiger charge is -2.10. The number of hydrogen-bond acceptors (Lipinski definition) is 4. The fourth-order valence-corrected chi connectivity index (χ4v) is 2.75. The van der Waals surface area contributed by atoms with Crippen LogP contribution in [0, 0.1) is 5.82 Å². The molecule has 9 heteroatoms. The van der Waals surface area contributed by atoms with E-state index in [0.29, 0.717) is 26.5 Å². The maximum Gasteiger partial charge on any atom is 0.160 e. The number of aromatic nitrogens is 3. The minimum atomic E-state index is -0.498.